The Kier molecular flexibility index (Phi) is 5.69. The maximum Gasteiger partial charge on any atom is 0.0399 e. The van der Waals surface area contributed by atoms with Gasteiger partial charge in [-0.1, -0.05) is 29.8 Å². The van der Waals surface area contributed by atoms with Gasteiger partial charge in [0.25, 0.3) is 0 Å². The molecule has 0 saturated heterocycles. The van der Waals surface area contributed by atoms with E-state index in [1.165, 1.54) is 18.5 Å². The van der Waals surface area contributed by atoms with Crippen LogP contribution in [0, 0.1) is 0 Å². The van der Waals surface area contributed by atoms with Crippen LogP contribution >= 0.6 is 15.9 Å². The molecule has 0 aliphatic heterocycles. The Hall–Kier alpha value is -0.570. The van der Waals surface area contributed by atoms with Gasteiger partial charge in [-0.25, -0.2) is 0 Å². The van der Waals surface area contributed by atoms with Crippen molar-refractivity contribution in [2.75, 3.05) is 16.8 Å². The second-order valence-electron chi connectivity index (χ2n) is 3.56. The monoisotopic (exact) mass is 270 g/mol. The molecule has 1 rings (SSSR count). The molecule has 1 heterocycles. The van der Waals surface area contributed by atoms with Crippen molar-refractivity contribution in [3.63, 3.8) is 0 Å². The van der Waals surface area contributed by atoms with Crippen molar-refractivity contribution in [2.24, 2.45) is 0 Å². The minimum absolute atomic E-state index is 0.630. The van der Waals surface area contributed by atoms with E-state index in [1.807, 2.05) is 12.4 Å². The van der Waals surface area contributed by atoms with Crippen molar-refractivity contribution in [1.29, 1.82) is 0 Å². The number of nitrogens with zero attached hydrogens (tertiary/aromatic N) is 2. The number of aromatic nitrogens is 1. The van der Waals surface area contributed by atoms with E-state index in [2.05, 4.69) is 51.8 Å². The Labute approximate surface area is 101 Å². The van der Waals surface area contributed by atoms with E-state index >= 15 is 0 Å². The third kappa shape index (κ3) is 3.49. The predicted octanol–water partition coefficient (Wildman–Crippen LogP) is 3.47. The van der Waals surface area contributed by atoms with Crippen LogP contribution in [0.25, 0.3) is 0 Å². The fourth-order valence-corrected chi connectivity index (χ4v) is 2.26. The van der Waals surface area contributed by atoms with Gasteiger partial charge in [0.1, 0.15) is 0 Å². The van der Waals surface area contributed by atoms with Crippen LogP contribution in [0.3, 0.4) is 0 Å². The van der Waals surface area contributed by atoms with Crippen molar-refractivity contribution in [1.82, 2.24) is 4.98 Å². The lowest BCUT2D eigenvalue weighted by Crippen LogP contribution is -2.35. The molecule has 0 aliphatic carbocycles. The van der Waals surface area contributed by atoms with Gasteiger partial charge in [0.2, 0.25) is 0 Å². The van der Waals surface area contributed by atoms with Crippen LogP contribution in [0.2, 0.25) is 0 Å². The van der Waals surface area contributed by atoms with Crippen molar-refractivity contribution in [3.05, 3.63) is 24.5 Å². The van der Waals surface area contributed by atoms with Crippen molar-refractivity contribution >= 4 is 21.6 Å². The molecule has 0 fully saturated rings. The number of hydrogen-bond donors (Lipinski definition) is 0. The van der Waals surface area contributed by atoms with Crippen LogP contribution in [0.4, 0.5) is 5.69 Å². The van der Waals surface area contributed by atoms with Gasteiger partial charge in [-0.05, 0) is 25.0 Å². The summed E-state index contributed by atoms with van der Waals surface area (Å²) in [5.74, 6) is 0. The number of rotatable bonds is 6. The van der Waals surface area contributed by atoms with E-state index in [0.717, 1.165) is 11.9 Å². The van der Waals surface area contributed by atoms with Crippen molar-refractivity contribution in [2.45, 2.75) is 32.7 Å². The average Bonchev–Trinajstić information content (AvgIpc) is 2.30. The summed E-state index contributed by atoms with van der Waals surface area (Å²) in [7, 11) is 0. The molecule has 15 heavy (non-hydrogen) atoms. The molecular formula is C12H19BrN2. The molecule has 0 N–H and O–H groups in total. The summed E-state index contributed by atoms with van der Waals surface area (Å²) in [6, 6.07) is 4.80. The molecule has 1 aromatic heterocycles. The zero-order valence-electron chi connectivity index (χ0n) is 9.49. The highest BCUT2D eigenvalue weighted by atomic mass is 79.9. The second kappa shape index (κ2) is 6.83. The zero-order chi connectivity index (χ0) is 11.1. The highest BCUT2D eigenvalue weighted by Gasteiger charge is 2.14. The van der Waals surface area contributed by atoms with Gasteiger partial charge in [0.05, 0.1) is 0 Å². The normalized spacial score (nSPS) is 10.7. The lowest BCUT2D eigenvalue weighted by atomic mass is 10.1. The fourth-order valence-electron chi connectivity index (χ4n) is 1.88. The number of hydrogen-bond acceptors (Lipinski definition) is 2. The molecule has 0 unspecified atom stereocenters. The largest absolute Gasteiger partial charge is 0.368 e. The smallest absolute Gasteiger partial charge is 0.0399 e. The molecule has 0 atom stereocenters. The van der Waals surface area contributed by atoms with Gasteiger partial charge in [-0.3, -0.25) is 4.98 Å². The maximum atomic E-state index is 4.06. The zero-order valence-corrected chi connectivity index (χ0v) is 11.1. The minimum atomic E-state index is 0.630. The minimum Gasteiger partial charge on any atom is -0.368 e. The standard InChI is InChI=1S/C12H19BrN2/c1-3-11(4-2)15(10-7-13)12-5-8-14-9-6-12/h5-6,8-9,11H,3-4,7,10H2,1-2H3. The predicted molar refractivity (Wildman–Crippen MR) is 69.7 cm³/mol. The number of alkyl halides is 1. The lowest BCUT2D eigenvalue weighted by molar-refractivity contribution is 0.568. The molecule has 2 nitrogen and oxygen atoms in total. The van der Waals surface area contributed by atoms with E-state index in [4.69, 9.17) is 0 Å². The van der Waals surface area contributed by atoms with Gasteiger partial charge in [0, 0.05) is 36.0 Å². The molecule has 0 aromatic carbocycles. The maximum absolute atomic E-state index is 4.06. The highest BCUT2D eigenvalue weighted by molar-refractivity contribution is 9.09. The summed E-state index contributed by atoms with van der Waals surface area (Å²) in [4.78, 5) is 6.52. The van der Waals surface area contributed by atoms with Crippen LogP contribution in [-0.2, 0) is 0 Å². The third-order valence-electron chi connectivity index (χ3n) is 2.70. The summed E-state index contributed by atoms with van der Waals surface area (Å²) in [5.41, 5.74) is 1.28. The number of halogens is 1. The Bertz CT molecular complexity index is 260. The van der Waals surface area contributed by atoms with E-state index in [-0.39, 0.29) is 0 Å². The first-order valence-corrected chi connectivity index (χ1v) is 6.68. The quantitative estimate of drug-likeness (QED) is 0.736. The molecule has 1 aromatic rings. The Balaban J connectivity index is 2.81. The van der Waals surface area contributed by atoms with Crippen molar-refractivity contribution < 1.29 is 0 Å². The Morgan fingerprint density at radius 3 is 2.33 bits per heavy atom. The molecule has 0 saturated carbocycles. The molecule has 0 bridgehead atoms. The van der Waals surface area contributed by atoms with Crippen molar-refractivity contribution in [3.8, 4) is 0 Å². The molecule has 0 aliphatic rings. The first kappa shape index (κ1) is 12.5. The van der Waals surface area contributed by atoms with E-state index < -0.39 is 0 Å². The lowest BCUT2D eigenvalue weighted by Gasteiger charge is -2.32. The molecule has 0 spiro atoms. The topological polar surface area (TPSA) is 16.1 Å². The molecular weight excluding hydrogens is 252 g/mol. The van der Waals surface area contributed by atoms with E-state index in [9.17, 15) is 0 Å². The summed E-state index contributed by atoms with van der Waals surface area (Å²) in [6.07, 6.45) is 6.09. The first-order valence-electron chi connectivity index (χ1n) is 5.56. The van der Waals surface area contributed by atoms with Gasteiger partial charge < -0.3 is 4.90 Å². The van der Waals surface area contributed by atoms with Gasteiger partial charge in [-0.2, -0.15) is 0 Å². The third-order valence-corrected chi connectivity index (χ3v) is 3.06. The van der Waals surface area contributed by atoms with Crippen LogP contribution < -0.4 is 4.90 Å². The van der Waals surface area contributed by atoms with E-state index in [1.54, 1.807) is 0 Å². The average molecular weight is 271 g/mol. The van der Waals surface area contributed by atoms with Crippen LogP contribution in [0.15, 0.2) is 24.5 Å². The van der Waals surface area contributed by atoms with Gasteiger partial charge >= 0.3 is 0 Å². The summed E-state index contributed by atoms with van der Waals surface area (Å²) in [5, 5.41) is 1.01. The molecule has 3 heteroatoms. The Morgan fingerprint density at radius 1 is 1.27 bits per heavy atom. The first-order chi connectivity index (χ1) is 7.33. The molecule has 84 valence electrons. The van der Waals surface area contributed by atoms with Crippen LogP contribution in [0.1, 0.15) is 26.7 Å². The van der Waals surface area contributed by atoms with Gasteiger partial charge in [0.15, 0.2) is 0 Å². The van der Waals surface area contributed by atoms with Crippen LogP contribution in [0.5, 0.6) is 0 Å². The van der Waals surface area contributed by atoms with Crippen LogP contribution in [-0.4, -0.2) is 22.9 Å². The highest BCUT2D eigenvalue weighted by Crippen LogP contribution is 2.19. The van der Waals surface area contributed by atoms with Gasteiger partial charge in [-0.15, -0.1) is 0 Å². The molecule has 0 radical (unpaired) electrons. The second-order valence-corrected chi connectivity index (χ2v) is 4.35. The summed E-state index contributed by atoms with van der Waals surface area (Å²) < 4.78 is 0. The molecule has 0 amide bonds. The van der Waals surface area contributed by atoms with E-state index in [0.29, 0.717) is 6.04 Å². The number of anilines is 1. The fraction of sp³-hybridized carbons (Fsp3) is 0.583. The summed E-state index contributed by atoms with van der Waals surface area (Å²) >= 11 is 3.52. The summed E-state index contributed by atoms with van der Waals surface area (Å²) in [6.45, 7) is 5.55. The Morgan fingerprint density at radius 2 is 1.87 bits per heavy atom. The number of pyridine rings is 1. The SMILES string of the molecule is CCC(CC)N(CCBr)c1ccncc1.